The number of nitrogens with zero attached hydrogens (tertiary/aromatic N) is 4. The number of nitrogens with one attached hydrogen (secondary N) is 1. The van der Waals surface area contributed by atoms with Gasteiger partial charge >= 0.3 is 0 Å². The number of fused-ring (bicyclic) bond motifs is 2. The monoisotopic (exact) mass is 491 g/mol. The van der Waals surface area contributed by atoms with Gasteiger partial charge in [-0.05, 0) is 35.7 Å². The average Bonchev–Trinajstić information content (AvgIpc) is 3.53. The largest absolute Gasteiger partial charge is 0.494 e. The molecule has 3 heterocycles. The van der Waals surface area contributed by atoms with Crippen molar-refractivity contribution in [3.8, 4) is 22.9 Å². The summed E-state index contributed by atoms with van der Waals surface area (Å²) in [4.78, 5) is 12.6. The zero-order valence-corrected chi connectivity index (χ0v) is 20.5. The maximum atomic E-state index is 12.6. The molecule has 0 fully saturated rings. The summed E-state index contributed by atoms with van der Waals surface area (Å²) in [5, 5.41) is 18.0. The zero-order chi connectivity index (χ0) is 24.4. The van der Waals surface area contributed by atoms with Crippen molar-refractivity contribution in [2.75, 3.05) is 19.7 Å². The van der Waals surface area contributed by atoms with Gasteiger partial charge in [-0.2, -0.15) is 10.2 Å². The van der Waals surface area contributed by atoms with E-state index in [4.69, 9.17) is 14.2 Å². The van der Waals surface area contributed by atoms with E-state index in [0.717, 1.165) is 33.6 Å². The third-order valence-corrected chi connectivity index (χ3v) is 6.58. The molecule has 180 valence electrons. The average molecular weight is 492 g/mol. The highest BCUT2D eigenvalue weighted by atomic mass is 32.2. The van der Waals surface area contributed by atoms with Crippen LogP contribution >= 0.6 is 11.8 Å². The van der Waals surface area contributed by atoms with E-state index < -0.39 is 0 Å². The highest BCUT2D eigenvalue weighted by Gasteiger charge is 2.20. The Kier molecular flexibility index (Phi) is 6.45. The molecule has 0 bridgehead atoms. The molecule has 2 aromatic heterocycles. The molecule has 4 aromatic rings. The van der Waals surface area contributed by atoms with E-state index in [2.05, 4.69) is 34.5 Å². The molecule has 0 radical (unpaired) electrons. The molecule has 10 heteroatoms. The second-order valence-electron chi connectivity index (χ2n) is 8.29. The number of amides is 1. The topological polar surface area (TPSA) is 100 Å². The van der Waals surface area contributed by atoms with Crippen LogP contribution in [0.1, 0.15) is 31.0 Å². The Hall–Kier alpha value is -3.79. The number of methoxy groups -OCH3 is 1. The molecule has 1 N–H and O–H groups in total. The van der Waals surface area contributed by atoms with Gasteiger partial charge in [0.05, 0.1) is 24.8 Å². The summed E-state index contributed by atoms with van der Waals surface area (Å²) in [5.41, 5.74) is 3.40. The van der Waals surface area contributed by atoms with E-state index in [-0.39, 0.29) is 24.4 Å². The highest BCUT2D eigenvalue weighted by Crippen LogP contribution is 2.34. The van der Waals surface area contributed by atoms with E-state index >= 15 is 0 Å². The van der Waals surface area contributed by atoms with E-state index in [1.807, 2.05) is 47.1 Å². The predicted molar refractivity (Wildman–Crippen MR) is 132 cm³/mol. The van der Waals surface area contributed by atoms with E-state index in [1.54, 1.807) is 13.3 Å². The first-order valence-corrected chi connectivity index (χ1v) is 12.2. The maximum Gasteiger partial charge on any atom is 0.231 e. The van der Waals surface area contributed by atoms with Gasteiger partial charge in [0, 0.05) is 11.9 Å². The van der Waals surface area contributed by atoms with Crippen LogP contribution in [0.5, 0.6) is 17.2 Å². The number of para-hydroxylation sites is 2. The Bertz CT molecular complexity index is 1390. The van der Waals surface area contributed by atoms with Crippen LogP contribution in [0.3, 0.4) is 0 Å². The standard InChI is InChI=1S/C25H25N5O4S/c1-15(2)23-17-12-27-30(18-6-4-5-7-19(18)32-3)24(17)25(29-28-23)35-13-22(31)26-11-16-8-9-20-21(10-16)34-14-33-20/h4-10,12,15H,11,13-14H2,1-3H3,(H,26,31). The molecular weight excluding hydrogens is 466 g/mol. The molecule has 1 amide bonds. The lowest BCUT2D eigenvalue weighted by Gasteiger charge is -2.12. The van der Waals surface area contributed by atoms with Crippen molar-refractivity contribution in [1.29, 1.82) is 0 Å². The fraction of sp³-hybridized carbons (Fsp3) is 0.280. The number of ether oxygens (including phenoxy) is 3. The van der Waals surface area contributed by atoms with Crippen LogP contribution in [0, 0.1) is 0 Å². The summed E-state index contributed by atoms with van der Waals surface area (Å²) in [6.07, 6.45) is 1.80. The number of carbonyl (C=O) groups is 1. The quantitative estimate of drug-likeness (QED) is 0.368. The lowest BCUT2D eigenvalue weighted by molar-refractivity contribution is -0.118. The lowest BCUT2D eigenvalue weighted by Crippen LogP contribution is -2.24. The number of hydrogen-bond acceptors (Lipinski definition) is 8. The Labute approximate surface area is 206 Å². The molecule has 2 aromatic carbocycles. The Morgan fingerprint density at radius 3 is 2.83 bits per heavy atom. The molecule has 9 nitrogen and oxygen atoms in total. The molecule has 1 aliphatic rings. The molecule has 0 saturated heterocycles. The minimum atomic E-state index is -0.112. The molecule has 0 unspecified atom stereocenters. The van der Waals surface area contributed by atoms with Crippen molar-refractivity contribution in [2.24, 2.45) is 0 Å². The molecule has 35 heavy (non-hydrogen) atoms. The first kappa shape index (κ1) is 23.0. The number of benzene rings is 2. The molecular formula is C25H25N5O4S. The minimum Gasteiger partial charge on any atom is -0.494 e. The third kappa shape index (κ3) is 4.61. The van der Waals surface area contributed by atoms with Gasteiger partial charge in [0.25, 0.3) is 0 Å². The van der Waals surface area contributed by atoms with Crippen molar-refractivity contribution in [3.05, 3.63) is 59.9 Å². The van der Waals surface area contributed by atoms with E-state index in [9.17, 15) is 4.79 Å². The smallest absolute Gasteiger partial charge is 0.231 e. The summed E-state index contributed by atoms with van der Waals surface area (Å²) < 4.78 is 18.1. The van der Waals surface area contributed by atoms with Crippen molar-refractivity contribution >= 4 is 28.6 Å². The number of thioether (sulfide) groups is 1. The molecule has 0 aliphatic carbocycles. The van der Waals surface area contributed by atoms with Crippen LogP contribution in [0.4, 0.5) is 0 Å². The van der Waals surface area contributed by atoms with E-state index in [0.29, 0.717) is 23.1 Å². The van der Waals surface area contributed by atoms with Crippen molar-refractivity contribution in [3.63, 3.8) is 0 Å². The van der Waals surface area contributed by atoms with Gasteiger partial charge in [-0.3, -0.25) is 4.79 Å². The van der Waals surface area contributed by atoms with E-state index in [1.165, 1.54) is 11.8 Å². The first-order chi connectivity index (χ1) is 17.0. The van der Waals surface area contributed by atoms with Gasteiger partial charge in [-0.25, -0.2) is 4.68 Å². The third-order valence-electron chi connectivity index (χ3n) is 5.62. The first-order valence-electron chi connectivity index (χ1n) is 11.2. The van der Waals surface area contributed by atoms with Crippen molar-refractivity contribution in [2.45, 2.75) is 31.3 Å². The van der Waals surface area contributed by atoms with Gasteiger partial charge in [0.1, 0.15) is 22.0 Å². The van der Waals surface area contributed by atoms with Crippen LogP contribution in [0.2, 0.25) is 0 Å². The normalized spacial score (nSPS) is 12.3. The Balaban J connectivity index is 1.37. The molecule has 0 saturated carbocycles. The summed E-state index contributed by atoms with van der Waals surface area (Å²) in [6.45, 7) is 4.75. The Morgan fingerprint density at radius 1 is 1.17 bits per heavy atom. The van der Waals surface area contributed by atoms with Gasteiger partial charge in [0.2, 0.25) is 12.7 Å². The Morgan fingerprint density at radius 2 is 2.00 bits per heavy atom. The molecule has 0 atom stereocenters. The van der Waals surface area contributed by atoms with Gasteiger partial charge in [-0.1, -0.05) is 43.8 Å². The number of aromatic nitrogens is 4. The van der Waals surface area contributed by atoms with Crippen molar-refractivity contribution in [1.82, 2.24) is 25.3 Å². The minimum absolute atomic E-state index is 0.112. The molecule has 0 spiro atoms. The summed E-state index contributed by atoms with van der Waals surface area (Å²) >= 11 is 1.33. The number of rotatable bonds is 8. The second kappa shape index (κ2) is 9.83. The predicted octanol–water partition coefficient (Wildman–Crippen LogP) is 4.08. The number of hydrogen-bond donors (Lipinski definition) is 1. The fourth-order valence-corrected chi connectivity index (χ4v) is 4.69. The maximum absolute atomic E-state index is 12.6. The van der Waals surface area contributed by atoms with Crippen LogP contribution in [0.25, 0.3) is 16.6 Å². The lowest BCUT2D eigenvalue weighted by atomic mass is 10.1. The summed E-state index contributed by atoms with van der Waals surface area (Å²) in [6, 6.07) is 13.3. The van der Waals surface area contributed by atoms with Crippen molar-refractivity contribution < 1.29 is 19.0 Å². The van der Waals surface area contributed by atoms with Crippen LogP contribution in [-0.4, -0.2) is 45.5 Å². The highest BCUT2D eigenvalue weighted by molar-refractivity contribution is 8.00. The molecule has 5 rings (SSSR count). The van der Waals surface area contributed by atoms with Gasteiger partial charge in [-0.15, -0.1) is 5.10 Å². The van der Waals surface area contributed by atoms with Gasteiger partial charge in [0.15, 0.2) is 11.5 Å². The summed E-state index contributed by atoms with van der Waals surface area (Å²) in [7, 11) is 1.63. The fourth-order valence-electron chi connectivity index (χ4n) is 3.89. The summed E-state index contributed by atoms with van der Waals surface area (Å²) in [5.74, 6) is 2.35. The number of carbonyl (C=O) groups excluding carboxylic acids is 1. The van der Waals surface area contributed by atoms with Crippen LogP contribution < -0.4 is 19.5 Å². The molecule has 1 aliphatic heterocycles. The second-order valence-corrected chi connectivity index (χ2v) is 9.25. The SMILES string of the molecule is COc1ccccc1-n1ncc2c(C(C)C)nnc(SCC(=O)NCc3ccc4c(c3)OCO4)c21. The van der Waals surface area contributed by atoms with Crippen LogP contribution in [-0.2, 0) is 11.3 Å². The van der Waals surface area contributed by atoms with Gasteiger partial charge < -0.3 is 19.5 Å². The zero-order valence-electron chi connectivity index (χ0n) is 19.6. The van der Waals surface area contributed by atoms with Crippen LogP contribution in [0.15, 0.2) is 53.7 Å².